The summed E-state index contributed by atoms with van der Waals surface area (Å²) in [5.74, 6) is -0.411. The van der Waals surface area contributed by atoms with Crippen LogP contribution in [0.4, 0.5) is 14.5 Å². The van der Waals surface area contributed by atoms with Gasteiger partial charge in [-0.3, -0.25) is 4.79 Å². The zero-order chi connectivity index (χ0) is 16.8. The van der Waals surface area contributed by atoms with E-state index in [1.165, 1.54) is 23.9 Å². The molecule has 0 heterocycles. The second kappa shape index (κ2) is 8.17. The molecule has 0 aliphatic rings. The van der Waals surface area contributed by atoms with Gasteiger partial charge in [-0.05, 0) is 31.2 Å². The quantitative estimate of drug-likeness (QED) is 0.734. The lowest BCUT2D eigenvalue weighted by Crippen LogP contribution is -2.23. The van der Waals surface area contributed by atoms with Crippen molar-refractivity contribution in [1.82, 2.24) is 0 Å². The van der Waals surface area contributed by atoms with E-state index < -0.39 is 11.9 Å². The molecule has 0 aliphatic carbocycles. The fraction of sp³-hybridized carbons (Fsp3) is 0.188. The van der Waals surface area contributed by atoms with Crippen LogP contribution in [0.3, 0.4) is 0 Å². The Hall–Kier alpha value is -1.79. The molecule has 0 radical (unpaired) electrons. The van der Waals surface area contributed by atoms with Gasteiger partial charge in [0.05, 0.1) is 16.0 Å². The Bertz CT molecular complexity index is 685. The molecule has 1 atom stereocenters. The molecule has 2 aromatic carbocycles. The third-order valence-electron chi connectivity index (χ3n) is 2.87. The van der Waals surface area contributed by atoms with Crippen molar-refractivity contribution in [2.24, 2.45) is 0 Å². The number of carbonyl (C=O) groups excluding carboxylic acids is 1. The van der Waals surface area contributed by atoms with Gasteiger partial charge in [0.15, 0.2) is 0 Å². The van der Waals surface area contributed by atoms with Crippen molar-refractivity contribution in [3.63, 3.8) is 0 Å². The molecule has 0 bridgehead atoms. The summed E-state index contributed by atoms with van der Waals surface area (Å²) in [5.41, 5.74) is 0.199. The third-order valence-corrected chi connectivity index (χ3v) is 4.49. The summed E-state index contributed by atoms with van der Waals surface area (Å²) in [5, 5.41) is 2.69. The Labute approximate surface area is 142 Å². The average molecular weight is 358 g/mol. The molecule has 3 nitrogen and oxygen atoms in total. The van der Waals surface area contributed by atoms with Crippen molar-refractivity contribution in [1.29, 1.82) is 0 Å². The molecule has 0 aliphatic heterocycles. The number of anilines is 1. The number of amides is 1. The number of alkyl halides is 2. The summed E-state index contributed by atoms with van der Waals surface area (Å²) in [7, 11) is 0. The monoisotopic (exact) mass is 357 g/mol. The highest BCUT2D eigenvalue weighted by molar-refractivity contribution is 8.00. The van der Waals surface area contributed by atoms with Gasteiger partial charge >= 0.3 is 6.61 Å². The first kappa shape index (κ1) is 17.6. The van der Waals surface area contributed by atoms with E-state index in [2.05, 4.69) is 10.1 Å². The molecule has 0 saturated heterocycles. The van der Waals surface area contributed by atoms with Crippen LogP contribution in [0.5, 0.6) is 5.75 Å². The van der Waals surface area contributed by atoms with E-state index in [0.29, 0.717) is 5.02 Å². The minimum absolute atomic E-state index is 0.0780. The number of carbonyl (C=O) groups is 1. The first-order valence-electron chi connectivity index (χ1n) is 6.73. The largest absolute Gasteiger partial charge is 0.433 e. The van der Waals surface area contributed by atoms with E-state index in [-0.39, 0.29) is 17.3 Å². The first-order chi connectivity index (χ1) is 11.0. The van der Waals surface area contributed by atoms with Gasteiger partial charge in [-0.25, -0.2) is 0 Å². The second-order valence-corrected chi connectivity index (χ2v) is 6.34. The van der Waals surface area contributed by atoms with Gasteiger partial charge in [0.2, 0.25) is 5.91 Å². The SMILES string of the molecule is C[C@@H](Sc1ccccc1Cl)C(=O)Nc1ccccc1OC(F)F. The van der Waals surface area contributed by atoms with Crippen LogP contribution in [0, 0.1) is 0 Å². The minimum atomic E-state index is -2.96. The Morgan fingerprint density at radius 3 is 2.52 bits per heavy atom. The third kappa shape index (κ3) is 5.11. The lowest BCUT2D eigenvalue weighted by atomic mass is 10.3. The van der Waals surface area contributed by atoms with Crippen LogP contribution in [-0.2, 0) is 4.79 Å². The number of hydrogen-bond acceptors (Lipinski definition) is 3. The fourth-order valence-electron chi connectivity index (χ4n) is 1.79. The number of rotatable bonds is 6. The highest BCUT2D eigenvalue weighted by Crippen LogP contribution is 2.31. The predicted molar refractivity (Wildman–Crippen MR) is 88.5 cm³/mol. The molecule has 2 aromatic rings. The topological polar surface area (TPSA) is 38.3 Å². The van der Waals surface area contributed by atoms with E-state index in [1.54, 1.807) is 31.2 Å². The zero-order valence-electron chi connectivity index (χ0n) is 12.1. The summed E-state index contributed by atoms with van der Waals surface area (Å²) in [6.45, 7) is -1.25. The van der Waals surface area contributed by atoms with E-state index in [9.17, 15) is 13.6 Å². The first-order valence-corrected chi connectivity index (χ1v) is 7.99. The van der Waals surface area contributed by atoms with E-state index >= 15 is 0 Å². The van der Waals surface area contributed by atoms with Gasteiger partial charge in [-0.2, -0.15) is 8.78 Å². The Morgan fingerprint density at radius 1 is 1.17 bits per heavy atom. The highest BCUT2D eigenvalue weighted by Gasteiger charge is 2.18. The second-order valence-electron chi connectivity index (χ2n) is 4.55. The molecule has 122 valence electrons. The van der Waals surface area contributed by atoms with Crippen LogP contribution in [0.15, 0.2) is 53.4 Å². The molecule has 7 heteroatoms. The molecule has 0 unspecified atom stereocenters. The van der Waals surface area contributed by atoms with E-state index in [1.807, 2.05) is 12.1 Å². The fourth-order valence-corrected chi connectivity index (χ4v) is 2.94. The number of nitrogens with one attached hydrogen (secondary N) is 1. The minimum Gasteiger partial charge on any atom is -0.433 e. The maximum atomic E-state index is 12.4. The molecule has 0 aromatic heterocycles. The highest BCUT2D eigenvalue weighted by atomic mass is 35.5. The van der Waals surface area contributed by atoms with Crippen molar-refractivity contribution in [3.8, 4) is 5.75 Å². The standard InChI is InChI=1S/C16H14ClF2NO2S/c1-10(23-14-9-5-2-6-11(14)17)15(21)20-12-7-3-4-8-13(12)22-16(18)19/h2-10,16H,1H3,(H,20,21)/t10-/m1/s1. The molecule has 0 saturated carbocycles. The Balaban J connectivity index is 2.05. The van der Waals surface area contributed by atoms with Gasteiger partial charge in [0.25, 0.3) is 0 Å². The predicted octanol–water partition coefficient (Wildman–Crippen LogP) is 5.06. The van der Waals surface area contributed by atoms with Gasteiger partial charge < -0.3 is 10.1 Å². The number of halogens is 3. The van der Waals surface area contributed by atoms with Gasteiger partial charge in [0, 0.05) is 4.90 Å². The summed E-state index contributed by atoms with van der Waals surface area (Å²) in [4.78, 5) is 13.0. The Kier molecular flexibility index (Phi) is 6.24. The van der Waals surface area contributed by atoms with Crippen LogP contribution < -0.4 is 10.1 Å². The molecular weight excluding hydrogens is 344 g/mol. The molecule has 1 amide bonds. The molecule has 2 rings (SSSR count). The van der Waals surface area contributed by atoms with Crippen molar-refractivity contribution in [3.05, 3.63) is 53.6 Å². The van der Waals surface area contributed by atoms with Crippen LogP contribution in [0.1, 0.15) is 6.92 Å². The van der Waals surface area contributed by atoms with Crippen LogP contribution in [0.2, 0.25) is 5.02 Å². The lowest BCUT2D eigenvalue weighted by molar-refractivity contribution is -0.115. The van der Waals surface area contributed by atoms with Gasteiger partial charge in [-0.1, -0.05) is 35.9 Å². The van der Waals surface area contributed by atoms with Crippen LogP contribution >= 0.6 is 23.4 Å². The maximum absolute atomic E-state index is 12.4. The smallest absolute Gasteiger partial charge is 0.387 e. The summed E-state index contributed by atoms with van der Waals surface area (Å²) < 4.78 is 29.1. The number of thioether (sulfide) groups is 1. The molecule has 0 spiro atoms. The van der Waals surface area contributed by atoms with Gasteiger partial charge in [-0.15, -0.1) is 11.8 Å². The maximum Gasteiger partial charge on any atom is 0.387 e. The van der Waals surface area contributed by atoms with Crippen molar-refractivity contribution in [2.45, 2.75) is 23.7 Å². The Morgan fingerprint density at radius 2 is 1.83 bits per heavy atom. The van der Waals surface area contributed by atoms with Gasteiger partial charge in [0.1, 0.15) is 5.75 Å². The van der Waals surface area contributed by atoms with Crippen molar-refractivity contribution in [2.75, 3.05) is 5.32 Å². The number of para-hydroxylation sites is 2. The van der Waals surface area contributed by atoms with E-state index in [4.69, 9.17) is 11.6 Å². The lowest BCUT2D eigenvalue weighted by Gasteiger charge is -2.15. The molecule has 23 heavy (non-hydrogen) atoms. The number of ether oxygens (including phenoxy) is 1. The van der Waals surface area contributed by atoms with Crippen LogP contribution in [0.25, 0.3) is 0 Å². The summed E-state index contributed by atoms with van der Waals surface area (Å²) in [6.07, 6.45) is 0. The van der Waals surface area contributed by atoms with Crippen LogP contribution in [-0.4, -0.2) is 17.8 Å². The normalized spacial score (nSPS) is 12.0. The molecule has 0 fully saturated rings. The van der Waals surface area contributed by atoms with Crippen molar-refractivity contribution >= 4 is 35.0 Å². The number of benzene rings is 2. The van der Waals surface area contributed by atoms with E-state index in [0.717, 1.165) is 4.90 Å². The summed E-state index contributed by atoms with van der Waals surface area (Å²) >= 11 is 7.34. The number of hydrogen-bond donors (Lipinski definition) is 1. The summed E-state index contributed by atoms with van der Waals surface area (Å²) in [6, 6.07) is 13.2. The average Bonchev–Trinajstić information content (AvgIpc) is 2.51. The zero-order valence-corrected chi connectivity index (χ0v) is 13.7. The molecular formula is C16H14ClF2NO2S. The molecule has 1 N–H and O–H groups in total. The van der Waals surface area contributed by atoms with Crippen molar-refractivity contribution < 1.29 is 18.3 Å².